The highest BCUT2D eigenvalue weighted by Crippen LogP contribution is 2.60. The maximum absolute atomic E-state index is 13.1. The number of rotatable bonds is 32. The van der Waals surface area contributed by atoms with Gasteiger partial charge in [-0.15, -0.1) is 0 Å². The van der Waals surface area contributed by atoms with Crippen LogP contribution in [0.2, 0.25) is 0 Å². The molecule has 6 rings (SSSR count). The summed E-state index contributed by atoms with van der Waals surface area (Å²) in [6.07, 6.45) is -24.1. The van der Waals surface area contributed by atoms with Crippen LogP contribution in [0.25, 0.3) is 0 Å². The maximum atomic E-state index is 13.1. The number of aliphatic hydroxyl groups excluding tert-OH is 2. The number of fused-ring (bicyclic) bond motifs is 4. The zero-order valence-electron chi connectivity index (χ0n) is 82.4. The molecule has 4 aliphatic rings. The number of hydrogen-bond acceptors (Lipinski definition) is 17. The summed E-state index contributed by atoms with van der Waals surface area (Å²) < 4.78 is 226. The third-order valence-electron chi connectivity index (χ3n) is 26.8. The lowest BCUT2D eigenvalue weighted by Crippen LogP contribution is -2.42. The SMILES string of the molecule is CC(C(C)C1CC2CC(C(=O)OC(C)(C)C)C1C2)C1CC2CC(C(=O)O)C1C2.CC(CC(O)C(F)(F)F)C(C)CC(C(=O)OC(C)(C)C)C(F)(F)F.CC(CCC(=O)OC(C)(C)C)C(C)CCC(C)(O)C(F)(F)F.CC(CCC(C)(O)C(F)(F)F)C(C)C(C)c1ccc(OC(=O)OC(C)(C)C)cc1.CC(CCC(O)C(F)(F)F)C(C)C(C)c1ccc(OC(=O)OC(C)(C)C)cc1. The van der Waals surface area contributed by atoms with Crippen LogP contribution in [-0.2, 0) is 42.9 Å². The monoisotopic (exact) mass is 1910 g/mol. The Balaban J connectivity index is 0.000000556. The summed E-state index contributed by atoms with van der Waals surface area (Å²) >= 11 is 0. The summed E-state index contributed by atoms with van der Waals surface area (Å²) in [4.78, 5) is 71.3. The van der Waals surface area contributed by atoms with Crippen molar-refractivity contribution >= 4 is 36.2 Å². The minimum Gasteiger partial charge on any atom is -0.481 e. The van der Waals surface area contributed by atoms with Crippen LogP contribution in [0.4, 0.5) is 75.4 Å². The van der Waals surface area contributed by atoms with Crippen molar-refractivity contribution in [1.29, 1.82) is 0 Å². The first-order valence-electron chi connectivity index (χ1n) is 46.0. The van der Waals surface area contributed by atoms with Gasteiger partial charge >= 0.3 is 67.1 Å². The Bertz CT molecular complexity index is 3810. The Kier molecular flexibility index (Phi) is 44.8. The second kappa shape index (κ2) is 48.6. The van der Waals surface area contributed by atoms with Gasteiger partial charge in [-0.05, 0) is 356 Å². The van der Waals surface area contributed by atoms with E-state index in [4.69, 9.17) is 43.4 Å². The molecule has 33 heteroatoms. The third kappa shape index (κ3) is 42.0. The van der Waals surface area contributed by atoms with E-state index in [1.165, 1.54) is 53.9 Å². The first-order valence-corrected chi connectivity index (χ1v) is 46.0. The Labute approximate surface area is 767 Å². The predicted molar refractivity (Wildman–Crippen MR) is 469 cm³/mol. The number of halogens is 15. The number of hydrogen-bond donors (Lipinski definition) is 5. The van der Waals surface area contributed by atoms with Gasteiger partial charge in [0.1, 0.15) is 51.7 Å². The van der Waals surface area contributed by atoms with Gasteiger partial charge in [0.2, 0.25) is 0 Å². The number of carbonyl (C=O) groups excluding carboxylic acids is 5. The van der Waals surface area contributed by atoms with Crippen molar-refractivity contribution in [2.75, 3.05) is 0 Å². The molecule has 18 nitrogen and oxygen atoms in total. The molecule has 0 aromatic heterocycles. The van der Waals surface area contributed by atoms with Crippen molar-refractivity contribution in [1.82, 2.24) is 0 Å². The highest BCUT2D eigenvalue weighted by molar-refractivity contribution is 5.75. The van der Waals surface area contributed by atoms with E-state index >= 15 is 0 Å². The van der Waals surface area contributed by atoms with E-state index in [9.17, 15) is 110 Å². The Morgan fingerprint density at radius 2 is 0.710 bits per heavy atom. The molecule has 0 aliphatic heterocycles. The molecular weight excluding hydrogens is 1750 g/mol. The van der Waals surface area contributed by atoms with Crippen molar-refractivity contribution in [2.24, 2.45) is 112 Å². The number of benzene rings is 2. The lowest BCUT2D eigenvalue weighted by molar-refractivity contribution is -0.256. The molecule has 4 bridgehead atoms. The zero-order valence-corrected chi connectivity index (χ0v) is 82.4. The van der Waals surface area contributed by atoms with E-state index in [-0.39, 0.29) is 116 Å². The van der Waals surface area contributed by atoms with Crippen LogP contribution in [0.1, 0.15) is 326 Å². The second-order valence-electron chi connectivity index (χ2n) is 43.6. The molecule has 0 saturated heterocycles. The van der Waals surface area contributed by atoms with Gasteiger partial charge < -0.3 is 58.7 Å². The van der Waals surface area contributed by atoms with Crippen LogP contribution in [0.3, 0.4) is 0 Å². The van der Waals surface area contributed by atoms with Crippen LogP contribution in [0.15, 0.2) is 48.5 Å². The number of carboxylic acid groups (broad SMARTS) is 1. The van der Waals surface area contributed by atoms with Gasteiger partial charge in [0.05, 0.1) is 11.8 Å². The lowest BCUT2D eigenvalue weighted by atomic mass is 9.64. The smallest absolute Gasteiger partial charge is 0.481 e. The van der Waals surface area contributed by atoms with Crippen LogP contribution in [-0.4, -0.2) is 144 Å². The summed E-state index contributed by atoms with van der Waals surface area (Å²) in [7, 11) is 0. The number of carboxylic acids is 1. The quantitative estimate of drug-likeness (QED) is 0.0197. The van der Waals surface area contributed by atoms with E-state index < -0.39 is 137 Å². The third-order valence-corrected chi connectivity index (χ3v) is 26.8. The molecule has 4 fully saturated rings. The predicted octanol–water partition coefficient (Wildman–Crippen LogP) is 26.5. The summed E-state index contributed by atoms with van der Waals surface area (Å²) in [5.41, 5.74) is -6.70. The summed E-state index contributed by atoms with van der Waals surface area (Å²) in [6.45, 7) is 50.5. The molecule has 4 aliphatic carbocycles. The van der Waals surface area contributed by atoms with Crippen molar-refractivity contribution in [2.45, 2.75) is 398 Å². The minimum absolute atomic E-state index is 0.00434. The van der Waals surface area contributed by atoms with Gasteiger partial charge in [0.25, 0.3) is 0 Å². The van der Waals surface area contributed by atoms with Crippen molar-refractivity contribution in [3.63, 3.8) is 0 Å². The Hall–Kier alpha value is -6.35. The molecule has 760 valence electrons. The van der Waals surface area contributed by atoms with E-state index in [1.807, 2.05) is 100 Å². The molecule has 0 spiro atoms. The normalized spacial score (nSPS) is 23.4. The van der Waals surface area contributed by atoms with Crippen molar-refractivity contribution < 1.29 is 153 Å². The highest BCUT2D eigenvalue weighted by atomic mass is 19.4. The van der Waals surface area contributed by atoms with Gasteiger partial charge in [-0.1, -0.05) is 107 Å². The van der Waals surface area contributed by atoms with Gasteiger partial charge in [-0.3, -0.25) is 19.2 Å². The standard InChI is InChI=1S/C24H38O4.C22H33F3O4.C21H31F3O4.C16H29F3O3.C15H24F6O3/c1-12(16-6-14-8-18(16)20(10-14)22(25)26)13(2)17-7-15-9-19(17)21(11-15)23(27)28-24(3,4)5;1-14(12-13-21(7,27)22(23,24)25)15(2)16(3)17-8-10-18(11-9-17)28-19(26)29-20(4,5)6;1-13(7-12-18(25)21(22,23)24)14(2)15(3)16-8-10-17(11-9-16)27-19(26)28-20(4,5)6;1-11(7-8-13(20)22-14(3,4)5)12(2)9-10-15(6,21)16(17,18)19;1-8(9(2)7-11(22)15(19,20)21)6-10(14(16,17)18)12(23)24-13(3,4)5/h12-21H,6-11H2,1-5H3,(H,25,26);8-11,14-16,27H,12-13H2,1-7H3;8-11,13-15,18,25H,7,12H2,1-6H3;11-12,21H,7-10H2,1-6H3;8-11,22H,6-7H2,1-5H3. The lowest BCUT2D eigenvalue weighted by Gasteiger charge is -2.40. The molecule has 25 unspecified atom stereocenters. The molecule has 4 saturated carbocycles. The number of aliphatic hydroxyl groups is 4. The first-order chi connectivity index (χ1) is 58.9. The molecule has 2 aromatic rings. The van der Waals surface area contributed by atoms with Crippen LogP contribution < -0.4 is 9.47 Å². The van der Waals surface area contributed by atoms with Gasteiger partial charge in [0, 0.05) is 6.42 Å². The topological polar surface area (TPSA) is 268 Å². The second-order valence-corrected chi connectivity index (χ2v) is 43.6. The fraction of sp³-hybridized carbons (Fsp3) is 0.816. The molecule has 2 aromatic carbocycles. The molecule has 0 amide bonds. The highest BCUT2D eigenvalue weighted by Gasteiger charge is 2.57. The molecule has 5 N–H and O–H groups in total. The summed E-state index contributed by atoms with van der Waals surface area (Å²) in [5.74, 6) is -1.01. The van der Waals surface area contributed by atoms with Gasteiger partial charge in [-0.2, -0.15) is 65.9 Å². The molecule has 0 radical (unpaired) electrons. The Morgan fingerprint density at radius 3 is 1.05 bits per heavy atom. The Morgan fingerprint density at radius 1 is 0.374 bits per heavy atom. The number of alkyl halides is 15. The van der Waals surface area contributed by atoms with E-state index in [1.54, 1.807) is 86.6 Å². The van der Waals surface area contributed by atoms with Crippen LogP contribution in [0, 0.1) is 112 Å². The molecular formula is C98H155F15O18. The zero-order chi connectivity index (χ0) is 102. The minimum atomic E-state index is -4.86. The van der Waals surface area contributed by atoms with Gasteiger partial charge in [0.15, 0.2) is 17.1 Å². The molecule has 131 heavy (non-hydrogen) atoms. The number of esters is 3. The number of ether oxygens (including phenoxy) is 7. The maximum Gasteiger partial charge on any atom is 0.514 e. The van der Waals surface area contributed by atoms with Crippen molar-refractivity contribution in [3.05, 3.63) is 59.7 Å². The first kappa shape index (κ1) is 121. The number of carbonyl (C=O) groups is 6. The fourth-order valence-electron chi connectivity index (χ4n) is 17.5. The average molecular weight is 1910 g/mol. The van der Waals surface area contributed by atoms with Crippen LogP contribution >= 0.6 is 0 Å². The fourth-order valence-corrected chi connectivity index (χ4v) is 17.5. The van der Waals surface area contributed by atoms with Crippen molar-refractivity contribution in [3.8, 4) is 11.5 Å². The summed E-state index contributed by atoms with van der Waals surface area (Å²) in [5, 5.41) is 46.9. The van der Waals surface area contributed by atoms with E-state index in [2.05, 4.69) is 13.8 Å². The molecule has 25 atom stereocenters. The van der Waals surface area contributed by atoms with Crippen LogP contribution in [0.5, 0.6) is 11.5 Å². The van der Waals surface area contributed by atoms with E-state index in [0.29, 0.717) is 65.3 Å². The van der Waals surface area contributed by atoms with E-state index in [0.717, 1.165) is 44.2 Å². The molecule has 0 heterocycles. The van der Waals surface area contributed by atoms with Gasteiger partial charge in [-0.25, -0.2) is 9.59 Å². The summed E-state index contributed by atoms with van der Waals surface area (Å²) in [6, 6.07) is 14.0. The number of aliphatic carboxylic acids is 1. The largest absolute Gasteiger partial charge is 0.514 e. The average Bonchev–Trinajstić information content (AvgIpc) is 1.60.